The molecule has 146 valence electrons. The van der Waals surface area contributed by atoms with E-state index in [0.29, 0.717) is 35.7 Å². The van der Waals surface area contributed by atoms with Gasteiger partial charge < -0.3 is 14.7 Å². The Balaban J connectivity index is 2.14. The predicted octanol–water partition coefficient (Wildman–Crippen LogP) is 4.11. The lowest BCUT2D eigenvalue weighted by atomic mass is 9.95. The summed E-state index contributed by atoms with van der Waals surface area (Å²) in [5, 5.41) is 11.4. The number of aliphatic hydroxyl groups is 1. The molecule has 1 saturated heterocycles. The number of carbonyl (C=O) groups excluding carboxylic acids is 2. The number of halogens is 1. The fourth-order valence-corrected chi connectivity index (χ4v) is 3.62. The topological polar surface area (TPSA) is 66.8 Å². The molecule has 1 atom stereocenters. The molecule has 5 nitrogen and oxygen atoms in total. The lowest BCUT2D eigenvalue weighted by Gasteiger charge is -2.26. The number of methoxy groups -OCH3 is 1. The van der Waals surface area contributed by atoms with Gasteiger partial charge in [0.15, 0.2) is 0 Å². The molecule has 1 aliphatic heterocycles. The Morgan fingerprint density at radius 3 is 2.46 bits per heavy atom. The number of Topliss-reactive ketones (excluding diaryl/α,β-unsaturated/α-hetero) is 1. The van der Waals surface area contributed by atoms with E-state index < -0.39 is 17.7 Å². The second-order valence-electron chi connectivity index (χ2n) is 6.73. The number of ether oxygens (including phenoxy) is 1. The van der Waals surface area contributed by atoms with Crippen LogP contribution in [0.5, 0.6) is 0 Å². The minimum Gasteiger partial charge on any atom is -0.507 e. The van der Waals surface area contributed by atoms with Crippen molar-refractivity contribution in [2.24, 2.45) is 0 Å². The molecule has 0 aromatic heterocycles. The Morgan fingerprint density at radius 2 is 1.82 bits per heavy atom. The molecule has 1 amide bonds. The van der Waals surface area contributed by atoms with E-state index in [4.69, 9.17) is 16.3 Å². The lowest BCUT2D eigenvalue weighted by molar-refractivity contribution is -0.140. The van der Waals surface area contributed by atoms with Gasteiger partial charge in [0.2, 0.25) is 0 Å². The molecular formula is C22H22ClNO4. The van der Waals surface area contributed by atoms with Gasteiger partial charge >= 0.3 is 0 Å². The van der Waals surface area contributed by atoms with Crippen LogP contribution in [0.15, 0.2) is 54.1 Å². The summed E-state index contributed by atoms with van der Waals surface area (Å²) in [6, 6.07) is 13.4. The standard InChI is InChI=1S/C22H22ClNO4/c1-14-8-10-15(11-9-14)20(25)18-19(16-6-3-4-7-17(16)23)24(12-5-13-28-2)22(27)21(18)26/h3-4,6-11,19,25H,5,12-13H2,1-2H3/b20-18+/t19-/m0/s1. The van der Waals surface area contributed by atoms with Gasteiger partial charge in [0, 0.05) is 30.8 Å². The lowest BCUT2D eigenvalue weighted by Crippen LogP contribution is -2.31. The van der Waals surface area contributed by atoms with Crippen molar-refractivity contribution in [3.63, 3.8) is 0 Å². The highest BCUT2D eigenvalue weighted by molar-refractivity contribution is 6.47. The molecule has 1 N–H and O–H groups in total. The molecule has 1 heterocycles. The average molecular weight is 400 g/mol. The quantitative estimate of drug-likeness (QED) is 0.343. The number of hydrogen-bond acceptors (Lipinski definition) is 4. The van der Waals surface area contributed by atoms with Gasteiger partial charge in [-0.1, -0.05) is 59.6 Å². The number of aryl methyl sites for hydroxylation is 1. The van der Waals surface area contributed by atoms with Crippen LogP contribution in [0.4, 0.5) is 0 Å². The number of rotatable bonds is 6. The molecule has 2 aromatic carbocycles. The molecule has 3 rings (SSSR count). The summed E-state index contributed by atoms with van der Waals surface area (Å²) >= 11 is 6.38. The van der Waals surface area contributed by atoms with Gasteiger partial charge in [-0.05, 0) is 25.0 Å². The second-order valence-corrected chi connectivity index (χ2v) is 7.13. The van der Waals surface area contributed by atoms with Crippen molar-refractivity contribution >= 4 is 29.1 Å². The number of likely N-dealkylation sites (tertiary alicyclic amines) is 1. The van der Waals surface area contributed by atoms with Crippen LogP contribution >= 0.6 is 11.6 Å². The minimum atomic E-state index is -0.744. The fourth-order valence-electron chi connectivity index (χ4n) is 3.38. The molecule has 0 unspecified atom stereocenters. The van der Waals surface area contributed by atoms with Gasteiger partial charge in [-0.15, -0.1) is 0 Å². The van der Waals surface area contributed by atoms with Crippen molar-refractivity contribution in [3.8, 4) is 0 Å². The highest BCUT2D eigenvalue weighted by Crippen LogP contribution is 2.41. The van der Waals surface area contributed by atoms with Crippen LogP contribution in [0.1, 0.15) is 29.2 Å². The van der Waals surface area contributed by atoms with E-state index in [1.54, 1.807) is 43.5 Å². The summed E-state index contributed by atoms with van der Waals surface area (Å²) in [5.41, 5.74) is 2.17. The predicted molar refractivity (Wildman–Crippen MR) is 108 cm³/mol. The zero-order chi connectivity index (χ0) is 20.3. The van der Waals surface area contributed by atoms with Crippen LogP contribution in [0.3, 0.4) is 0 Å². The molecule has 0 radical (unpaired) electrons. The Hall–Kier alpha value is -2.63. The Kier molecular flexibility index (Phi) is 6.17. The molecule has 6 heteroatoms. The van der Waals surface area contributed by atoms with E-state index in [-0.39, 0.29) is 11.3 Å². The molecular weight excluding hydrogens is 378 g/mol. The summed E-state index contributed by atoms with van der Waals surface area (Å²) in [5.74, 6) is -1.55. The van der Waals surface area contributed by atoms with Crippen molar-refractivity contribution in [2.45, 2.75) is 19.4 Å². The molecule has 0 aliphatic carbocycles. The second kappa shape index (κ2) is 8.59. The van der Waals surface area contributed by atoms with Gasteiger partial charge in [-0.3, -0.25) is 9.59 Å². The zero-order valence-electron chi connectivity index (χ0n) is 15.8. The van der Waals surface area contributed by atoms with Crippen LogP contribution in [0.25, 0.3) is 5.76 Å². The van der Waals surface area contributed by atoms with Crippen molar-refractivity contribution in [3.05, 3.63) is 75.8 Å². The first-order valence-electron chi connectivity index (χ1n) is 9.04. The van der Waals surface area contributed by atoms with E-state index in [9.17, 15) is 14.7 Å². The average Bonchev–Trinajstić information content (AvgIpc) is 2.93. The fraction of sp³-hybridized carbons (Fsp3) is 0.273. The summed E-state index contributed by atoms with van der Waals surface area (Å²) in [4.78, 5) is 27.0. The smallest absolute Gasteiger partial charge is 0.295 e. The van der Waals surface area contributed by atoms with Gasteiger partial charge in [0.25, 0.3) is 11.7 Å². The van der Waals surface area contributed by atoms with E-state index >= 15 is 0 Å². The van der Waals surface area contributed by atoms with E-state index in [2.05, 4.69) is 0 Å². The summed E-state index contributed by atoms with van der Waals surface area (Å²) in [6.07, 6.45) is 0.565. The normalized spacial score (nSPS) is 18.7. The highest BCUT2D eigenvalue weighted by atomic mass is 35.5. The maximum absolute atomic E-state index is 12.8. The third-order valence-electron chi connectivity index (χ3n) is 4.81. The first-order valence-corrected chi connectivity index (χ1v) is 9.42. The third-order valence-corrected chi connectivity index (χ3v) is 5.16. The van der Waals surface area contributed by atoms with Crippen molar-refractivity contribution in [1.82, 2.24) is 4.90 Å². The van der Waals surface area contributed by atoms with Gasteiger partial charge in [-0.25, -0.2) is 0 Å². The number of nitrogens with zero attached hydrogens (tertiary/aromatic N) is 1. The van der Waals surface area contributed by atoms with Crippen LogP contribution in [-0.2, 0) is 14.3 Å². The molecule has 1 fully saturated rings. The Bertz CT molecular complexity index is 920. The van der Waals surface area contributed by atoms with E-state index in [1.165, 1.54) is 4.90 Å². The summed E-state index contributed by atoms with van der Waals surface area (Å²) < 4.78 is 5.07. The maximum Gasteiger partial charge on any atom is 0.295 e. The van der Waals surface area contributed by atoms with Gasteiger partial charge in [-0.2, -0.15) is 0 Å². The Labute approximate surface area is 169 Å². The van der Waals surface area contributed by atoms with E-state index in [0.717, 1.165) is 5.56 Å². The highest BCUT2D eigenvalue weighted by Gasteiger charge is 2.46. The SMILES string of the molecule is COCCCN1C(=O)C(=O)/C(=C(/O)c2ccc(C)cc2)[C@@H]1c1ccccc1Cl. The Morgan fingerprint density at radius 1 is 1.14 bits per heavy atom. The monoisotopic (exact) mass is 399 g/mol. The number of ketones is 1. The third kappa shape index (κ3) is 3.81. The minimum absolute atomic E-state index is 0.0550. The molecule has 0 spiro atoms. The number of hydrogen-bond donors (Lipinski definition) is 1. The van der Waals surface area contributed by atoms with Crippen LogP contribution < -0.4 is 0 Å². The van der Waals surface area contributed by atoms with Crippen LogP contribution in [-0.4, -0.2) is 42.0 Å². The van der Waals surface area contributed by atoms with Crippen molar-refractivity contribution in [2.75, 3.05) is 20.3 Å². The maximum atomic E-state index is 12.8. The number of aliphatic hydroxyl groups excluding tert-OH is 1. The van der Waals surface area contributed by atoms with Crippen molar-refractivity contribution in [1.29, 1.82) is 0 Å². The van der Waals surface area contributed by atoms with E-state index in [1.807, 2.05) is 19.1 Å². The molecule has 0 bridgehead atoms. The number of benzene rings is 2. The van der Waals surface area contributed by atoms with Crippen molar-refractivity contribution < 1.29 is 19.4 Å². The van der Waals surface area contributed by atoms with Gasteiger partial charge in [0.05, 0.1) is 11.6 Å². The van der Waals surface area contributed by atoms with Gasteiger partial charge in [0.1, 0.15) is 5.76 Å². The van der Waals surface area contributed by atoms with Crippen LogP contribution in [0.2, 0.25) is 5.02 Å². The van der Waals surface area contributed by atoms with Crippen LogP contribution in [0, 0.1) is 6.92 Å². The molecule has 0 saturated carbocycles. The largest absolute Gasteiger partial charge is 0.507 e. The molecule has 28 heavy (non-hydrogen) atoms. The first-order chi connectivity index (χ1) is 13.5. The number of amides is 1. The first kappa shape index (κ1) is 20.1. The molecule has 2 aromatic rings. The molecule has 1 aliphatic rings. The summed E-state index contributed by atoms with van der Waals surface area (Å²) in [6.45, 7) is 2.71. The zero-order valence-corrected chi connectivity index (χ0v) is 16.6. The summed E-state index contributed by atoms with van der Waals surface area (Å²) in [7, 11) is 1.58. The number of carbonyl (C=O) groups is 2.